The average molecular weight is 303 g/mol. The lowest BCUT2D eigenvalue weighted by atomic mass is 10.1. The van der Waals surface area contributed by atoms with Crippen molar-refractivity contribution >= 4 is 11.6 Å². The van der Waals surface area contributed by atoms with E-state index in [2.05, 4.69) is 15.5 Å². The molecule has 0 aliphatic rings. The van der Waals surface area contributed by atoms with Gasteiger partial charge in [0.1, 0.15) is 0 Å². The third-order valence-corrected chi connectivity index (χ3v) is 3.61. The molecule has 0 saturated carbocycles. The largest absolute Gasteiger partial charge is 0.320 e. The molecular weight excluding hydrogens is 286 g/mol. The first kappa shape index (κ1) is 14.9. The average Bonchev–Trinajstić information content (AvgIpc) is 2.59. The topological polar surface area (TPSA) is 54.9 Å². The van der Waals surface area contributed by atoms with E-state index in [1.165, 1.54) is 0 Å². The molecule has 0 atom stereocenters. The third kappa shape index (κ3) is 3.43. The number of aromatic nitrogens is 2. The minimum absolute atomic E-state index is 0.259. The van der Waals surface area contributed by atoms with Gasteiger partial charge in [-0.3, -0.25) is 4.79 Å². The molecule has 4 nitrogen and oxygen atoms in total. The van der Waals surface area contributed by atoms with Crippen LogP contribution < -0.4 is 5.32 Å². The Balaban J connectivity index is 1.79. The molecule has 3 rings (SSSR count). The standard InChI is InChI=1S/C19H17N3O/c1-13-8-9-14(2)18(12-13)20-19(23)17-11-10-16(21-22-17)15-6-4-3-5-7-15/h3-12H,1-2H3,(H,20,23). The van der Waals surface area contributed by atoms with E-state index >= 15 is 0 Å². The summed E-state index contributed by atoms with van der Waals surface area (Å²) in [7, 11) is 0. The predicted molar refractivity (Wildman–Crippen MR) is 91.3 cm³/mol. The lowest BCUT2D eigenvalue weighted by Gasteiger charge is -2.09. The van der Waals surface area contributed by atoms with Crippen LogP contribution in [-0.4, -0.2) is 16.1 Å². The number of carbonyl (C=O) groups is 1. The summed E-state index contributed by atoms with van der Waals surface area (Å²) in [5.74, 6) is -0.259. The highest BCUT2D eigenvalue weighted by Crippen LogP contribution is 2.18. The number of rotatable bonds is 3. The highest BCUT2D eigenvalue weighted by molar-refractivity contribution is 6.03. The Morgan fingerprint density at radius 2 is 1.70 bits per heavy atom. The Hall–Kier alpha value is -3.01. The summed E-state index contributed by atoms with van der Waals surface area (Å²) >= 11 is 0. The minimum atomic E-state index is -0.259. The predicted octanol–water partition coefficient (Wildman–Crippen LogP) is 4.01. The fourth-order valence-electron chi connectivity index (χ4n) is 2.27. The molecule has 0 bridgehead atoms. The van der Waals surface area contributed by atoms with Crippen molar-refractivity contribution in [2.24, 2.45) is 0 Å². The van der Waals surface area contributed by atoms with Crippen LogP contribution in [0.25, 0.3) is 11.3 Å². The van der Waals surface area contributed by atoms with E-state index in [-0.39, 0.29) is 5.91 Å². The number of benzene rings is 2. The highest BCUT2D eigenvalue weighted by Gasteiger charge is 2.10. The van der Waals surface area contributed by atoms with Crippen molar-refractivity contribution in [3.63, 3.8) is 0 Å². The number of hydrogen-bond donors (Lipinski definition) is 1. The second-order valence-corrected chi connectivity index (χ2v) is 5.44. The second kappa shape index (κ2) is 6.40. The highest BCUT2D eigenvalue weighted by atomic mass is 16.1. The van der Waals surface area contributed by atoms with Gasteiger partial charge in [0.05, 0.1) is 5.69 Å². The van der Waals surface area contributed by atoms with Crippen LogP contribution in [-0.2, 0) is 0 Å². The van der Waals surface area contributed by atoms with E-state index in [1.807, 2.05) is 62.4 Å². The fraction of sp³-hybridized carbons (Fsp3) is 0.105. The van der Waals surface area contributed by atoms with E-state index in [4.69, 9.17) is 0 Å². The van der Waals surface area contributed by atoms with E-state index < -0.39 is 0 Å². The minimum Gasteiger partial charge on any atom is -0.320 e. The van der Waals surface area contributed by atoms with Crippen LogP contribution in [0.1, 0.15) is 21.6 Å². The number of carbonyl (C=O) groups excluding carboxylic acids is 1. The Morgan fingerprint density at radius 1 is 0.913 bits per heavy atom. The number of anilines is 1. The van der Waals surface area contributed by atoms with Gasteiger partial charge in [-0.2, -0.15) is 0 Å². The molecule has 114 valence electrons. The SMILES string of the molecule is Cc1ccc(C)c(NC(=O)c2ccc(-c3ccccc3)nn2)c1. The van der Waals surface area contributed by atoms with E-state index in [0.29, 0.717) is 5.69 Å². The maximum absolute atomic E-state index is 12.3. The fourth-order valence-corrected chi connectivity index (χ4v) is 2.27. The van der Waals surface area contributed by atoms with Crippen molar-refractivity contribution in [1.29, 1.82) is 0 Å². The molecule has 0 saturated heterocycles. The number of nitrogens with one attached hydrogen (secondary N) is 1. The van der Waals surface area contributed by atoms with Crippen molar-refractivity contribution in [3.05, 3.63) is 77.5 Å². The Kier molecular flexibility index (Phi) is 4.15. The number of amides is 1. The van der Waals surface area contributed by atoms with E-state index in [9.17, 15) is 4.79 Å². The normalized spacial score (nSPS) is 10.3. The second-order valence-electron chi connectivity index (χ2n) is 5.44. The summed E-state index contributed by atoms with van der Waals surface area (Å²) in [4.78, 5) is 12.3. The van der Waals surface area contributed by atoms with Crippen molar-refractivity contribution < 1.29 is 4.79 Å². The number of aryl methyl sites for hydroxylation is 2. The molecule has 1 N–H and O–H groups in total. The summed E-state index contributed by atoms with van der Waals surface area (Å²) in [6.07, 6.45) is 0. The first-order valence-corrected chi connectivity index (χ1v) is 7.41. The maximum atomic E-state index is 12.3. The summed E-state index contributed by atoms with van der Waals surface area (Å²) < 4.78 is 0. The zero-order valence-electron chi connectivity index (χ0n) is 13.1. The molecule has 0 aliphatic heterocycles. The first-order chi connectivity index (χ1) is 11.1. The molecule has 0 unspecified atom stereocenters. The zero-order chi connectivity index (χ0) is 16.2. The van der Waals surface area contributed by atoms with Crippen LogP contribution in [0, 0.1) is 13.8 Å². The molecule has 3 aromatic rings. The molecule has 4 heteroatoms. The van der Waals surface area contributed by atoms with Gasteiger partial charge in [-0.15, -0.1) is 10.2 Å². The summed E-state index contributed by atoms with van der Waals surface area (Å²) in [5, 5.41) is 11.1. The monoisotopic (exact) mass is 303 g/mol. The summed E-state index contributed by atoms with van der Waals surface area (Å²) in [6, 6.07) is 19.2. The molecule has 0 spiro atoms. The quantitative estimate of drug-likeness (QED) is 0.795. The number of nitrogens with zero attached hydrogens (tertiary/aromatic N) is 2. The molecule has 0 radical (unpaired) electrons. The van der Waals surface area contributed by atoms with Crippen molar-refractivity contribution in [3.8, 4) is 11.3 Å². The Morgan fingerprint density at radius 3 is 2.39 bits per heavy atom. The van der Waals surface area contributed by atoms with Gasteiger partial charge in [-0.1, -0.05) is 42.5 Å². The first-order valence-electron chi connectivity index (χ1n) is 7.41. The maximum Gasteiger partial charge on any atom is 0.276 e. The summed E-state index contributed by atoms with van der Waals surface area (Å²) in [5.41, 5.74) is 4.92. The van der Waals surface area contributed by atoms with Crippen LogP contribution in [0.2, 0.25) is 0 Å². The lowest BCUT2D eigenvalue weighted by Crippen LogP contribution is -2.15. The van der Waals surface area contributed by atoms with Crippen molar-refractivity contribution in [2.45, 2.75) is 13.8 Å². The molecule has 0 aliphatic carbocycles. The van der Waals surface area contributed by atoms with Gasteiger partial charge in [0, 0.05) is 11.3 Å². The molecule has 1 aromatic heterocycles. The van der Waals surface area contributed by atoms with Crippen LogP contribution in [0.4, 0.5) is 5.69 Å². The van der Waals surface area contributed by atoms with Crippen molar-refractivity contribution in [2.75, 3.05) is 5.32 Å². The molecule has 23 heavy (non-hydrogen) atoms. The van der Waals surface area contributed by atoms with Crippen LogP contribution in [0.3, 0.4) is 0 Å². The van der Waals surface area contributed by atoms with Crippen LogP contribution in [0.15, 0.2) is 60.7 Å². The molecule has 2 aromatic carbocycles. The van der Waals surface area contributed by atoms with Gasteiger partial charge in [-0.25, -0.2) is 0 Å². The molecule has 1 amide bonds. The Bertz CT molecular complexity index is 827. The zero-order valence-corrected chi connectivity index (χ0v) is 13.1. The van der Waals surface area contributed by atoms with Crippen molar-refractivity contribution in [1.82, 2.24) is 10.2 Å². The van der Waals surface area contributed by atoms with Gasteiger partial charge in [0.2, 0.25) is 0 Å². The molecular formula is C19H17N3O. The van der Waals surface area contributed by atoms with Gasteiger partial charge < -0.3 is 5.32 Å². The van der Waals surface area contributed by atoms with E-state index in [0.717, 1.165) is 28.1 Å². The molecule has 0 fully saturated rings. The number of hydrogen-bond acceptors (Lipinski definition) is 3. The van der Waals surface area contributed by atoms with Gasteiger partial charge in [-0.05, 0) is 43.2 Å². The van der Waals surface area contributed by atoms with Crippen LogP contribution >= 0.6 is 0 Å². The Labute approximate surface area is 135 Å². The van der Waals surface area contributed by atoms with Crippen LogP contribution in [0.5, 0.6) is 0 Å². The van der Waals surface area contributed by atoms with Gasteiger partial charge in [0.15, 0.2) is 5.69 Å². The smallest absolute Gasteiger partial charge is 0.276 e. The molecule has 1 heterocycles. The van der Waals surface area contributed by atoms with E-state index in [1.54, 1.807) is 12.1 Å². The third-order valence-electron chi connectivity index (χ3n) is 3.61. The van der Waals surface area contributed by atoms with Gasteiger partial charge >= 0.3 is 0 Å². The summed E-state index contributed by atoms with van der Waals surface area (Å²) in [6.45, 7) is 3.95. The lowest BCUT2D eigenvalue weighted by molar-refractivity contribution is 0.102. The van der Waals surface area contributed by atoms with Gasteiger partial charge in [0.25, 0.3) is 5.91 Å².